The minimum Gasteiger partial charge on any atom is -0.376 e. The molecule has 2 aliphatic heterocycles. The van der Waals surface area contributed by atoms with Gasteiger partial charge in [0.2, 0.25) is 0 Å². The summed E-state index contributed by atoms with van der Waals surface area (Å²) in [7, 11) is -7.82. The van der Waals surface area contributed by atoms with E-state index in [4.69, 9.17) is 27.7 Å². The third-order valence-corrected chi connectivity index (χ3v) is 8.19. The Labute approximate surface area is 149 Å². The molecule has 11 heteroatoms. The van der Waals surface area contributed by atoms with Crippen LogP contribution in [0.5, 0.6) is 0 Å². The summed E-state index contributed by atoms with van der Waals surface area (Å²) >= 11 is 0. The Balaban J connectivity index is 2.21. The van der Waals surface area contributed by atoms with E-state index >= 15 is 0 Å². The molecule has 0 radical (unpaired) electrons. The zero-order valence-corrected chi connectivity index (χ0v) is 17.1. The molecule has 2 aliphatic rings. The molecule has 0 amide bonds. The van der Waals surface area contributed by atoms with Gasteiger partial charge < -0.3 is 4.74 Å². The van der Waals surface area contributed by atoms with Crippen molar-refractivity contribution in [1.29, 1.82) is 0 Å². The van der Waals surface area contributed by atoms with E-state index in [-0.39, 0.29) is 32.5 Å². The molecule has 2 unspecified atom stereocenters. The maximum atomic E-state index is 12.9. The first kappa shape index (κ1) is 21.5. The Kier molecular flexibility index (Phi) is 8.08. The Morgan fingerprint density at radius 3 is 1.80 bits per heavy atom. The van der Waals surface area contributed by atoms with Crippen molar-refractivity contribution in [3.8, 4) is 0 Å². The minimum absolute atomic E-state index is 0.120. The number of hydrogen-bond donors (Lipinski definition) is 0. The van der Waals surface area contributed by atoms with E-state index in [9.17, 15) is 9.13 Å². The quantitative estimate of drug-likeness (QED) is 0.401. The van der Waals surface area contributed by atoms with Crippen molar-refractivity contribution in [2.45, 2.75) is 52.7 Å². The van der Waals surface area contributed by atoms with Crippen LogP contribution in [-0.2, 0) is 36.8 Å². The van der Waals surface area contributed by atoms with Crippen LogP contribution in [0.1, 0.15) is 40.5 Å². The molecule has 2 atom stereocenters. The second-order valence-electron chi connectivity index (χ2n) is 6.30. The van der Waals surface area contributed by atoms with Gasteiger partial charge in [-0.2, -0.15) is 0 Å². The smallest absolute Gasteiger partial charge is 0.376 e. The molecule has 0 aliphatic carbocycles. The SMILES string of the molecule is CCOC(C)C(CCC(C)C)ON(P1(=O)OCCO1)P1(=O)OCCO1. The summed E-state index contributed by atoms with van der Waals surface area (Å²) < 4.78 is 53.1. The van der Waals surface area contributed by atoms with Crippen LogP contribution in [0.25, 0.3) is 0 Å². The highest BCUT2D eigenvalue weighted by Gasteiger charge is 2.55. The number of rotatable bonds is 10. The van der Waals surface area contributed by atoms with E-state index in [1.54, 1.807) is 0 Å². The third-order valence-electron chi connectivity index (χ3n) is 3.81. The first-order chi connectivity index (χ1) is 11.8. The highest BCUT2D eigenvalue weighted by molar-refractivity contribution is 7.66. The highest BCUT2D eigenvalue weighted by atomic mass is 31.3. The lowest BCUT2D eigenvalue weighted by Crippen LogP contribution is -2.35. The van der Waals surface area contributed by atoms with Gasteiger partial charge in [0.1, 0.15) is 6.10 Å². The van der Waals surface area contributed by atoms with Crippen LogP contribution in [-0.4, -0.2) is 49.8 Å². The third kappa shape index (κ3) is 5.58. The largest absolute Gasteiger partial charge is 0.441 e. The summed E-state index contributed by atoms with van der Waals surface area (Å²) in [5, 5.41) is 0. The van der Waals surface area contributed by atoms with Gasteiger partial charge in [-0.3, -0.25) is 22.9 Å². The molecule has 2 rings (SSSR count). The summed E-state index contributed by atoms with van der Waals surface area (Å²) in [4.78, 5) is 5.87. The summed E-state index contributed by atoms with van der Waals surface area (Å²) in [5.41, 5.74) is 0. The van der Waals surface area contributed by atoms with Gasteiger partial charge in [0.05, 0.1) is 32.5 Å². The molecular weight excluding hydrogens is 372 g/mol. The first-order valence-electron chi connectivity index (χ1n) is 8.68. The van der Waals surface area contributed by atoms with Gasteiger partial charge in [0.25, 0.3) is 0 Å². The molecule has 0 bridgehead atoms. The summed E-state index contributed by atoms with van der Waals surface area (Å²) in [5.74, 6) is 0.443. The van der Waals surface area contributed by atoms with Crippen LogP contribution in [0.3, 0.4) is 0 Å². The van der Waals surface area contributed by atoms with Crippen LogP contribution in [0.15, 0.2) is 0 Å². The fraction of sp³-hybridized carbons (Fsp3) is 1.00. The maximum Gasteiger partial charge on any atom is 0.441 e. The van der Waals surface area contributed by atoms with Gasteiger partial charge in [0, 0.05) is 11.2 Å². The molecule has 0 saturated carbocycles. The van der Waals surface area contributed by atoms with Crippen molar-refractivity contribution >= 4 is 15.5 Å². The minimum atomic E-state index is -3.91. The predicted molar refractivity (Wildman–Crippen MR) is 90.9 cm³/mol. The van der Waals surface area contributed by atoms with Gasteiger partial charge in [-0.05, 0) is 32.6 Å². The lowest BCUT2D eigenvalue weighted by atomic mass is 10.0. The van der Waals surface area contributed by atoms with E-state index in [2.05, 4.69) is 13.8 Å². The van der Waals surface area contributed by atoms with Crippen molar-refractivity contribution in [3.05, 3.63) is 0 Å². The van der Waals surface area contributed by atoms with E-state index in [0.717, 1.165) is 6.42 Å². The zero-order chi connectivity index (χ0) is 18.5. The topological polar surface area (TPSA) is 92.8 Å². The Bertz CT molecular complexity index is 467. The van der Waals surface area contributed by atoms with Gasteiger partial charge in [0.15, 0.2) is 0 Å². The lowest BCUT2D eigenvalue weighted by Gasteiger charge is -2.33. The van der Waals surface area contributed by atoms with Gasteiger partial charge >= 0.3 is 15.5 Å². The molecule has 9 nitrogen and oxygen atoms in total. The Hall–Kier alpha value is 0.180. The van der Waals surface area contributed by atoms with Crippen LogP contribution in [0, 0.1) is 5.92 Å². The summed E-state index contributed by atoms with van der Waals surface area (Å²) in [6.45, 7) is 8.90. The fourth-order valence-corrected chi connectivity index (χ4v) is 6.43. The standard InChI is InChI=1S/C14H29NO8P2/c1-5-18-13(4)14(7-6-12(2)3)23-15(24(16)19-8-9-20-24)25(17)21-10-11-22-25/h12-14H,5-11H2,1-4H3. The van der Waals surface area contributed by atoms with Crippen molar-refractivity contribution in [2.24, 2.45) is 5.92 Å². The predicted octanol–water partition coefficient (Wildman–Crippen LogP) is 3.76. The highest BCUT2D eigenvalue weighted by Crippen LogP contribution is 2.71. The van der Waals surface area contributed by atoms with Crippen LogP contribution in [0.4, 0.5) is 0 Å². The molecule has 25 heavy (non-hydrogen) atoms. The molecule has 0 N–H and O–H groups in total. The van der Waals surface area contributed by atoms with E-state index in [0.29, 0.717) is 23.5 Å². The molecule has 2 saturated heterocycles. The normalized spacial score (nSPS) is 24.9. The monoisotopic (exact) mass is 401 g/mol. The van der Waals surface area contributed by atoms with Crippen molar-refractivity contribution in [1.82, 2.24) is 4.60 Å². The van der Waals surface area contributed by atoms with Crippen molar-refractivity contribution in [3.63, 3.8) is 0 Å². The molecule has 148 valence electrons. The number of ether oxygens (including phenoxy) is 1. The maximum absolute atomic E-state index is 12.9. The Morgan fingerprint density at radius 1 is 0.920 bits per heavy atom. The number of nitrogens with zero attached hydrogens (tertiary/aromatic N) is 1. The molecule has 0 aromatic heterocycles. The summed E-state index contributed by atoms with van der Waals surface area (Å²) in [6, 6.07) is 0. The van der Waals surface area contributed by atoms with Gasteiger partial charge in [-0.25, -0.2) is 9.13 Å². The second-order valence-corrected chi connectivity index (χ2v) is 10.2. The first-order valence-corrected chi connectivity index (χ1v) is 11.7. The fourth-order valence-electron chi connectivity index (χ4n) is 2.49. The zero-order valence-electron chi connectivity index (χ0n) is 15.3. The number of hydrogen-bond acceptors (Lipinski definition) is 8. The van der Waals surface area contributed by atoms with Crippen LogP contribution in [0.2, 0.25) is 0 Å². The Morgan fingerprint density at radius 2 is 1.40 bits per heavy atom. The van der Waals surface area contributed by atoms with E-state index < -0.39 is 21.6 Å². The molecule has 0 aromatic rings. The van der Waals surface area contributed by atoms with Crippen molar-refractivity contribution in [2.75, 3.05) is 33.0 Å². The summed E-state index contributed by atoms with van der Waals surface area (Å²) in [6.07, 6.45) is 0.665. The molecule has 2 heterocycles. The average Bonchev–Trinajstić information content (AvgIpc) is 3.17. The van der Waals surface area contributed by atoms with Gasteiger partial charge in [-0.15, -0.1) is 0 Å². The van der Waals surface area contributed by atoms with E-state index in [1.165, 1.54) is 0 Å². The molecule has 0 aromatic carbocycles. The van der Waals surface area contributed by atoms with Gasteiger partial charge in [-0.1, -0.05) is 13.8 Å². The van der Waals surface area contributed by atoms with Crippen LogP contribution >= 0.6 is 15.5 Å². The lowest BCUT2D eigenvalue weighted by molar-refractivity contribution is -0.156. The molecular formula is C14H29NO8P2. The average molecular weight is 401 g/mol. The van der Waals surface area contributed by atoms with Crippen LogP contribution < -0.4 is 0 Å². The second kappa shape index (κ2) is 9.40. The van der Waals surface area contributed by atoms with E-state index in [1.807, 2.05) is 13.8 Å². The molecule has 2 fully saturated rings. The van der Waals surface area contributed by atoms with Crippen molar-refractivity contribution < 1.29 is 36.8 Å². The molecule has 0 spiro atoms.